The van der Waals surface area contributed by atoms with E-state index in [1.165, 1.54) is 11.8 Å². The minimum atomic E-state index is -0.0818. The Morgan fingerprint density at radius 3 is 1.96 bits per heavy atom. The van der Waals surface area contributed by atoms with Gasteiger partial charge >= 0.3 is 0 Å². The maximum atomic E-state index is 13.1. The molecular formula is C22H14Cl4OS. The number of halogens is 4. The van der Waals surface area contributed by atoms with Crippen molar-refractivity contribution >= 4 is 70.0 Å². The van der Waals surface area contributed by atoms with Crippen molar-refractivity contribution in [3.8, 4) is 0 Å². The van der Waals surface area contributed by atoms with E-state index in [0.717, 1.165) is 11.1 Å². The molecule has 6 heteroatoms. The molecule has 0 spiro atoms. The normalized spacial score (nSPS) is 11.5. The minimum absolute atomic E-state index is 0.0818. The maximum absolute atomic E-state index is 13.1. The zero-order chi connectivity index (χ0) is 20.1. The van der Waals surface area contributed by atoms with Crippen LogP contribution >= 0.6 is 58.2 Å². The van der Waals surface area contributed by atoms with Crippen LogP contribution < -0.4 is 0 Å². The smallest absolute Gasteiger partial charge is 0.199 e. The number of Topliss-reactive ketones (excluding diaryl/α,β-unsaturated/α-hetero) is 1. The number of thioether (sulfide) groups is 1. The first-order valence-electron chi connectivity index (χ1n) is 8.26. The quantitative estimate of drug-likeness (QED) is 0.267. The van der Waals surface area contributed by atoms with Crippen LogP contribution in [0.2, 0.25) is 20.1 Å². The lowest BCUT2D eigenvalue weighted by atomic mass is 10.1. The van der Waals surface area contributed by atoms with Crippen molar-refractivity contribution in [2.45, 2.75) is 5.75 Å². The molecule has 0 amide bonds. The molecule has 0 fully saturated rings. The van der Waals surface area contributed by atoms with E-state index in [2.05, 4.69) is 0 Å². The number of hydrogen-bond acceptors (Lipinski definition) is 2. The van der Waals surface area contributed by atoms with Gasteiger partial charge in [0.05, 0.1) is 4.91 Å². The first-order valence-corrected chi connectivity index (χ1v) is 10.8. The highest BCUT2D eigenvalue weighted by Gasteiger charge is 2.14. The Morgan fingerprint density at radius 2 is 1.36 bits per heavy atom. The van der Waals surface area contributed by atoms with Gasteiger partial charge in [-0.15, -0.1) is 11.8 Å². The van der Waals surface area contributed by atoms with Gasteiger partial charge in [0.15, 0.2) is 5.78 Å². The Kier molecular flexibility index (Phi) is 7.50. The van der Waals surface area contributed by atoms with Crippen LogP contribution in [0.3, 0.4) is 0 Å². The van der Waals surface area contributed by atoms with Crippen molar-refractivity contribution in [2.75, 3.05) is 0 Å². The summed E-state index contributed by atoms with van der Waals surface area (Å²) in [7, 11) is 0. The zero-order valence-corrected chi connectivity index (χ0v) is 18.3. The molecule has 0 saturated carbocycles. The van der Waals surface area contributed by atoms with Crippen molar-refractivity contribution in [3.63, 3.8) is 0 Å². The molecule has 28 heavy (non-hydrogen) atoms. The Morgan fingerprint density at radius 1 is 0.786 bits per heavy atom. The number of hydrogen-bond donors (Lipinski definition) is 0. The Hall–Kier alpha value is -1.42. The van der Waals surface area contributed by atoms with E-state index < -0.39 is 0 Å². The number of ketones is 1. The number of benzene rings is 3. The van der Waals surface area contributed by atoms with E-state index in [0.29, 0.717) is 36.3 Å². The van der Waals surface area contributed by atoms with Gasteiger partial charge in [0, 0.05) is 31.4 Å². The zero-order valence-electron chi connectivity index (χ0n) is 14.5. The molecule has 3 aromatic carbocycles. The number of carbonyl (C=O) groups is 1. The molecule has 0 aliphatic rings. The molecule has 3 rings (SSSR count). The fourth-order valence-corrected chi connectivity index (χ4v) is 4.26. The van der Waals surface area contributed by atoms with Crippen LogP contribution in [0.4, 0.5) is 0 Å². The van der Waals surface area contributed by atoms with E-state index in [4.69, 9.17) is 46.4 Å². The van der Waals surface area contributed by atoms with Gasteiger partial charge in [-0.3, -0.25) is 4.79 Å². The third-order valence-corrected chi connectivity index (χ3v) is 6.06. The predicted molar refractivity (Wildman–Crippen MR) is 123 cm³/mol. The van der Waals surface area contributed by atoms with E-state index in [1.54, 1.807) is 48.5 Å². The molecule has 0 aliphatic carbocycles. The second-order valence-electron chi connectivity index (χ2n) is 5.92. The summed E-state index contributed by atoms with van der Waals surface area (Å²) in [4.78, 5) is 13.7. The summed E-state index contributed by atoms with van der Waals surface area (Å²) in [6, 6.07) is 19.5. The topological polar surface area (TPSA) is 17.1 Å². The predicted octanol–water partition coefficient (Wildman–Crippen LogP) is 8.46. The fourth-order valence-electron chi connectivity index (χ4n) is 2.42. The second kappa shape index (κ2) is 9.87. The Balaban J connectivity index is 1.90. The standard InChI is InChI=1S/C22H14Cl4OS/c23-17-6-1-14(2-7-17)11-21(22(27)15-3-8-18(24)9-4-15)28-13-16-5-10-19(25)12-20(16)26/h1-12H,13H2. The van der Waals surface area contributed by atoms with Gasteiger partial charge in [-0.1, -0.05) is 64.6 Å². The summed E-state index contributed by atoms with van der Waals surface area (Å²) in [5.41, 5.74) is 2.36. The second-order valence-corrected chi connectivity index (χ2v) is 8.65. The van der Waals surface area contributed by atoms with Crippen LogP contribution in [-0.4, -0.2) is 5.78 Å². The van der Waals surface area contributed by atoms with Crippen LogP contribution in [0.15, 0.2) is 71.6 Å². The van der Waals surface area contributed by atoms with Crippen molar-refractivity contribution in [1.29, 1.82) is 0 Å². The number of allylic oxidation sites excluding steroid dienone is 1. The highest BCUT2D eigenvalue weighted by atomic mass is 35.5. The highest BCUT2D eigenvalue weighted by Crippen LogP contribution is 2.31. The van der Waals surface area contributed by atoms with Gasteiger partial charge in [0.2, 0.25) is 0 Å². The van der Waals surface area contributed by atoms with E-state index in [1.807, 2.05) is 24.3 Å². The van der Waals surface area contributed by atoms with Crippen LogP contribution in [0.25, 0.3) is 6.08 Å². The van der Waals surface area contributed by atoms with E-state index in [-0.39, 0.29) is 5.78 Å². The summed E-state index contributed by atoms with van der Waals surface area (Å²) in [6.45, 7) is 0. The first kappa shape index (κ1) is 21.3. The molecule has 0 heterocycles. The lowest BCUT2D eigenvalue weighted by Gasteiger charge is -2.09. The molecule has 0 radical (unpaired) electrons. The van der Waals surface area contributed by atoms with Crippen molar-refractivity contribution in [1.82, 2.24) is 0 Å². The molecule has 0 aliphatic heterocycles. The van der Waals surface area contributed by atoms with Gasteiger partial charge in [-0.2, -0.15) is 0 Å². The summed E-state index contributed by atoms with van der Waals surface area (Å²) >= 11 is 25.6. The van der Waals surface area contributed by atoms with Crippen LogP contribution in [-0.2, 0) is 5.75 Å². The van der Waals surface area contributed by atoms with Crippen LogP contribution in [0, 0.1) is 0 Å². The average molecular weight is 468 g/mol. The monoisotopic (exact) mass is 466 g/mol. The molecule has 1 nitrogen and oxygen atoms in total. The van der Waals surface area contributed by atoms with Crippen molar-refractivity contribution in [3.05, 3.63) is 108 Å². The third-order valence-electron chi connectivity index (χ3n) is 3.90. The van der Waals surface area contributed by atoms with Crippen molar-refractivity contribution < 1.29 is 4.79 Å². The number of rotatable bonds is 6. The molecule has 0 bridgehead atoms. The molecule has 142 valence electrons. The summed E-state index contributed by atoms with van der Waals surface area (Å²) in [5, 5.41) is 2.38. The lowest BCUT2D eigenvalue weighted by Crippen LogP contribution is -2.01. The minimum Gasteiger partial charge on any atom is -0.288 e. The maximum Gasteiger partial charge on any atom is 0.199 e. The van der Waals surface area contributed by atoms with Crippen molar-refractivity contribution in [2.24, 2.45) is 0 Å². The Bertz CT molecular complexity index is 1010. The summed E-state index contributed by atoms with van der Waals surface area (Å²) in [5.74, 6) is 0.455. The third kappa shape index (κ3) is 5.79. The molecule has 3 aromatic rings. The van der Waals surface area contributed by atoms with Gasteiger partial charge in [0.25, 0.3) is 0 Å². The highest BCUT2D eigenvalue weighted by molar-refractivity contribution is 8.03. The van der Waals surface area contributed by atoms with Gasteiger partial charge in [0.1, 0.15) is 0 Å². The molecule has 0 atom stereocenters. The summed E-state index contributed by atoms with van der Waals surface area (Å²) < 4.78 is 0. The largest absolute Gasteiger partial charge is 0.288 e. The SMILES string of the molecule is O=C(C(=Cc1ccc(Cl)cc1)SCc1ccc(Cl)cc1Cl)c1ccc(Cl)cc1. The summed E-state index contributed by atoms with van der Waals surface area (Å²) in [6.07, 6.45) is 1.85. The van der Waals surface area contributed by atoms with Gasteiger partial charge in [-0.05, 0) is 65.7 Å². The molecule has 0 unspecified atom stereocenters. The van der Waals surface area contributed by atoms with Gasteiger partial charge in [-0.25, -0.2) is 0 Å². The first-order chi connectivity index (χ1) is 13.4. The lowest BCUT2D eigenvalue weighted by molar-refractivity contribution is 0.104. The fraction of sp³-hybridized carbons (Fsp3) is 0.0455. The molecule has 0 saturated heterocycles. The molecule has 0 N–H and O–H groups in total. The van der Waals surface area contributed by atoms with E-state index in [9.17, 15) is 4.79 Å². The average Bonchev–Trinajstić information content (AvgIpc) is 2.68. The van der Waals surface area contributed by atoms with Crippen LogP contribution in [0.1, 0.15) is 21.5 Å². The van der Waals surface area contributed by atoms with Gasteiger partial charge < -0.3 is 0 Å². The number of carbonyl (C=O) groups excluding carboxylic acids is 1. The molecular weight excluding hydrogens is 454 g/mol. The molecule has 0 aromatic heterocycles. The Labute approximate surface area is 188 Å². The van der Waals surface area contributed by atoms with E-state index >= 15 is 0 Å². The van der Waals surface area contributed by atoms with Crippen LogP contribution in [0.5, 0.6) is 0 Å².